The van der Waals surface area contributed by atoms with Crippen LogP contribution in [0.15, 0.2) is 24.3 Å². The number of imide groups is 1. The van der Waals surface area contributed by atoms with Crippen LogP contribution in [0, 0.1) is 5.41 Å². The van der Waals surface area contributed by atoms with Gasteiger partial charge in [0, 0.05) is 25.2 Å². The quantitative estimate of drug-likeness (QED) is 0.747. The van der Waals surface area contributed by atoms with E-state index < -0.39 is 0 Å². The fourth-order valence-corrected chi connectivity index (χ4v) is 4.92. The average molecular weight is 371 g/mol. The number of rotatable bonds is 5. The van der Waals surface area contributed by atoms with E-state index in [0.717, 1.165) is 51.2 Å². The van der Waals surface area contributed by atoms with Gasteiger partial charge in [-0.05, 0) is 57.7 Å². The number of carbonyl (C=O) groups excluding carboxylic acids is 2. The maximum atomic E-state index is 12.5. The molecule has 3 aliphatic heterocycles. The summed E-state index contributed by atoms with van der Waals surface area (Å²) < 4.78 is 5.75. The predicted molar refractivity (Wildman–Crippen MR) is 102 cm³/mol. The molecule has 0 aliphatic carbocycles. The van der Waals surface area contributed by atoms with Crippen LogP contribution in [0.1, 0.15) is 38.7 Å². The summed E-state index contributed by atoms with van der Waals surface area (Å²) in [7, 11) is 0. The van der Waals surface area contributed by atoms with Crippen molar-refractivity contribution in [2.75, 3.05) is 32.8 Å². The van der Waals surface area contributed by atoms with Crippen molar-refractivity contribution in [3.63, 3.8) is 0 Å². The zero-order chi connectivity index (χ0) is 19.0. The highest BCUT2D eigenvalue weighted by atomic mass is 16.5. The lowest BCUT2D eigenvalue weighted by atomic mass is 9.76. The van der Waals surface area contributed by atoms with Gasteiger partial charge in [-0.15, -0.1) is 0 Å². The summed E-state index contributed by atoms with van der Waals surface area (Å²) in [6.07, 6.45) is 2.92. The molecule has 1 atom stereocenters. The largest absolute Gasteiger partial charge is 0.494 e. The lowest BCUT2D eigenvalue weighted by molar-refractivity contribution is -0.128. The summed E-state index contributed by atoms with van der Waals surface area (Å²) in [6, 6.07) is 7.94. The maximum Gasteiger partial charge on any atom is 0.327 e. The lowest BCUT2D eigenvalue weighted by Crippen LogP contribution is -2.43. The Labute approximate surface area is 161 Å². The van der Waals surface area contributed by atoms with Crippen LogP contribution in [0.25, 0.3) is 0 Å². The number of piperidine rings is 1. The monoisotopic (exact) mass is 371 g/mol. The molecule has 0 radical (unpaired) electrons. The van der Waals surface area contributed by atoms with Crippen LogP contribution < -0.4 is 4.74 Å². The highest BCUT2D eigenvalue weighted by molar-refractivity contribution is 6.04. The molecule has 1 unspecified atom stereocenters. The van der Waals surface area contributed by atoms with Crippen LogP contribution in [0.5, 0.6) is 5.75 Å². The Morgan fingerprint density at radius 1 is 1.15 bits per heavy atom. The minimum absolute atomic E-state index is 0.00689. The minimum Gasteiger partial charge on any atom is -0.494 e. The van der Waals surface area contributed by atoms with Gasteiger partial charge in [0.2, 0.25) is 0 Å². The molecule has 3 aliphatic rings. The first-order valence-electron chi connectivity index (χ1n) is 10.1. The number of amides is 3. The van der Waals surface area contributed by atoms with Gasteiger partial charge in [-0.2, -0.15) is 0 Å². The summed E-state index contributed by atoms with van der Waals surface area (Å²) in [5.74, 6) is 0.977. The third-order valence-electron chi connectivity index (χ3n) is 6.44. The average Bonchev–Trinajstić information content (AvgIpc) is 3.14. The first-order chi connectivity index (χ1) is 13.1. The molecule has 1 aromatic rings. The molecule has 3 amide bonds. The smallest absolute Gasteiger partial charge is 0.327 e. The van der Waals surface area contributed by atoms with Gasteiger partial charge in [0.1, 0.15) is 11.8 Å². The fraction of sp³-hybridized carbons (Fsp3) is 0.619. The van der Waals surface area contributed by atoms with Gasteiger partial charge in [-0.3, -0.25) is 14.6 Å². The Morgan fingerprint density at radius 3 is 2.56 bits per heavy atom. The van der Waals surface area contributed by atoms with Crippen LogP contribution in [-0.4, -0.2) is 65.5 Å². The Balaban J connectivity index is 1.38. The second-order valence-electron chi connectivity index (χ2n) is 8.03. The first kappa shape index (κ1) is 18.3. The van der Waals surface area contributed by atoms with Crippen molar-refractivity contribution in [3.05, 3.63) is 29.8 Å². The van der Waals surface area contributed by atoms with E-state index in [4.69, 9.17) is 4.74 Å². The van der Waals surface area contributed by atoms with Crippen molar-refractivity contribution in [2.45, 2.75) is 45.7 Å². The molecule has 146 valence electrons. The second kappa shape index (κ2) is 7.15. The Hall–Kier alpha value is -2.08. The fourth-order valence-electron chi connectivity index (χ4n) is 4.92. The molecular weight excluding hydrogens is 342 g/mol. The van der Waals surface area contributed by atoms with E-state index in [1.807, 2.05) is 30.9 Å². The maximum absolute atomic E-state index is 12.5. The summed E-state index contributed by atoms with van der Waals surface area (Å²) >= 11 is 0. The van der Waals surface area contributed by atoms with Crippen molar-refractivity contribution < 1.29 is 14.3 Å². The van der Waals surface area contributed by atoms with Gasteiger partial charge in [-0.1, -0.05) is 18.2 Å². The topological polar surface area (TPSA) is 53.1 Å². The SMILES string of the molecule is CCOc1ccccc1CN1CCC2(CC1)CC1C(=O)N(CC)C(=O)N1C2. The molecule has 0 saturated carbocycles. The molecule has 0 bridgehead atoms. The molecule has 0 aromatic heterocycles. The molecule has 3 fully saturated rings. The number of likely N-dealkylation sites (tertiary alicyclic amines) is 1. The summed E-state index contributed by atoms with van der Waals surface area (Å²) in [6.45, 7) is 8.66. The number of ether oxygens (including phenoxy) is 1. The van der Waals surface area contributed by atoms with Gasteiger partial charge in [0.15, 0.2) is 0 Å². The number of hydrogen-bond donors (Lipinski definition) is 0. The number of nitrogens with zero attached hydrogens (tertiary/aromatic N) is 3. The molecule has 0 N–H and O–H groups in total. The zero-order valence-corrected chi connectivity index (χ0v) is 16.3. The third kappa shape index (κ3) is 3.20. The van der Waals surface area contributed by atoms with Crippen LogP contribution in [0.2, 0.25) is 0 Å². The van der Waals surface area contributed by atoms with Crippen molar-refractivity contribution in [3.8, 4) is 5.75 Å². The van der Waals surface area contributed by atoms with E-state index in [9.17, 15) is 9.59 Å². The molecule has 4 rings (SSSR count). The lowest BCUT2D eigenvalue weighted by Gasteiger charge is -2.39. The van der Waals surface area contributed by atoms with E-state index >= 15 is 0 Å². The molecule has 27 heavy (non-hydrogen) atoms. The standard InChI is InChI=1S/C21H29N3O3/c1-3-23-19(25)17-13-21(15-24(17)20(23)26)9-11-22(12-10-21)14-16-7-5-6-8-18(16)27-4-2/h5-8,17H,3-4,9-15H2,1-2H3. The Morgan fingerprint density at radius 2 is 1.89 bits per heavy atom. The molecule has 3 heterocycles. The highest BCUT2D eigenvalue weighted by Crippen LogP contribution is 2.46. The highest BCUT2D eigenvalue weighted by Gasteiger charge is 2.55. The minimum atomic E-state index is -0.220. The van der Waals surface area contributed by atoms with Gasteiger partial charge in [0.05, 0.1) is 6.61 Å². The van der Waals surface area contributed by atoms with Crippen LogP contribution >= 0.6 is 0 Å². The van der Waals surface area contributed by atoms with Gasteiger partial charge in [0.25, 0.3) is 5.91 Å². The molecule has 1 aromatic carbocycles. The number of benzene rings is 1. The Bertz CT molecular complexity index is 701. The van der Waals surface area contributed by atoms with E-state index in [2.05, 4.69) is 17.0 Å². The molecule has 3 saturated heterocycles. The van der Waals surface area contributed by atoms with Gasteiger partial charge in [-0.25, -0.2) is 4.79 Å². The Kier molecular flexibility index (Phi) is 4.84. The summed E-state index contributed by atoms with van der Waals surface area (Å²) in [5, 5.41) is 0. The summed E-state index contributed by atoms with van der Waals surface area (Å²) in [4.78, 5) is 30.7. The second-order valence-corrected chi connectivity index (χ2v) is 8.03. The normalized spacial score (nSPS) is 24.7. The molecule has 1 spiro atoms. The van der Waals surface area contributed by atoms with Crippen molar-refractivity contribution in [2.24, 2.45) is 5.41 Å². The predicted octanol–water partition coefficient (Wildman–Crippen LogP) is 2.72. The molecule has 6 heteroatoms. The number of fused-ring (bicyclic) bond motifs is 1. The van der Waals surface area contributed by atoms with Crippen LogP contribution in [0.3, 0.4) is 0 Å². The van der Waals surface area contributed by atoms with Crippen LogP contribution in [0.4, 0.5) is 4.79 Å². The van der Waals surface area contributed by atoms with E-state index in [0.29, 0.717) is 13.2 Å². The van der Waals surface area contributed by atoms with E-state index in [-0.39, 0.29) is 23.4 Å². The number of para-hydroxylation sites is 1. The first-order valence-corrected chi connectivity index (χ1v) is 10.1. The third-order valence-corrected chi connectivity index (χ3v) is 6.44. The van der Waals surface area contributed by atoms with Crippen molar-refractivity contribution >= 4 is 11.9 Å². The number of hydrogen-bond acceptors (Lipinski definition) is 4. The van der Waals surface area contributed by atoms with Gasteiger partial charge < -0.3 is 9.64 Å². The van der Waals surface area contributed by atoms with Crippen molar-refractivity contribution in [1.82, 2.24) is 14.7 Å². The number of urea groups is 1. The number of likely N-dealkylation sites (N-methyl/N-ethyl adjacent to an activating group) is 1. The zero-order valence-electron chi connectivity index (χ0n) is 16.3. The van der Waals surface area contributed by atoms with E-state index in [1.54, 1.807) is 0 Å². The van der Waals surface area contributed by atoms with Gasteiger partial charge >= 0.3 is 6.03 Å². The van der Waals surface area contributed by atoms with Crippen LogP contribution in [-0.2, 0) is 11.3 Å². The van der Waals surface area contributed by atoms with Crippen molar-refractivity contribution in [1.29, 1.82) is 0 Å². The molecular formula is C21H29N3O3. The molecule has 6 nitrogen and oxygen atoms in total. The number of carbonyl (C=O) groups is 2. The van der Waals surface area contributed by atoms with E-state index in [1.165, 1.54) is 10.5 Å². The summed E-state index contributed by atoms with van der Waals surface area (Å²) in [5.41, 5.74) is 1.34.